The fourth-order valence-corrected chi connectivity index (χ4v) is 3.49. The van der Waals surface area contributed by atoms with Gasteiger partial charge in [-0.15, -0.1) is 0 Å². The molecule has 7 nitrogen and oxygen atoms in total. The number of hydrogen-bond acceptors (Lipinski definition) is 5. The van der Waals surface area contributed by atoms with Crippen molar-refractivity contribution in [1.29, 1.82) is 0 Å². The second kappa shape index (κ2) is 7.28. The quantitative estimate of drug-likeness (QED) is 0.747. The number of rotatable bonds is 5. The van der Waals surface area contributed by atoms with Gasteiger partial charge in [-0.1, -0.05) is 12.1 Å². The molecule has 1 saturated heterocycles. The smallest absolute Gasteiger partial charge is 0.289 e. The zero-order chi connectivity index (χ0) is 18.8. The zero-order valence-corrected chi connectivity index (χ0v) is 15.1. The molecule has 2 N–H and O–H groups in total. The van der Waals surface area contributed by atoms with E-state index < -0.39 is 0 Å². The first-order valence-electron chi connectivity index (χ1n) is 8.89. The number of aromatic nitrogens is 2. The predicted octanol–water partition coefficient (Wildman–Crippen LogP) is 2.10. The van der Waals surface area contributed by atoms with Crippen LogP contribution in [0.3, 0.4) is 0 Å². The van der Waals surface area contributed by atoms with Crippen molar-refractivity contribution < 1.29 is 13.9 Å². The van der Waals surface area contributed by atoms with Crippen LogP contribution in [0.5, 0.6) is 5.75 Å². The minimum absolute atomic E-state index is 0.0957. The lowest BCUT2D eigenvalue weighted by molar-refractivity contribution is 0.0755. The van der Waals surface area contributed by atoms with Crippen LogP contribution >= 0.6 is 0 Å². The third-order valence-electron chi connectivity index (χ3n) is 4.95. The summed E-state index contributed by atoms with van der Waals surface area (Å²) in [6.07, 6.45) is 3.56. The Bertz CT molecular complexity index is 902. The third kappa shape index (κ3) is 3.59. The van der Waals surface area contributed by atoms with E-state index in [2.05, 4.69) is 5.10 Å². The van der Waals surface area contributed by atoms with Gasteiger partial charge in [0.25, 0.3) is 5.91 Å². The number of likely N-dealkylation sites (tertiary alicyclic amines) is 1. The van der Waals surface area contributed by atoms with Gasteiger partial charge >= 0.3 is 0 Å². The molecule has 0 spiro atoms. The minimum atomic E-state index is -0.131. The van der Waals surface area contributed by atoms with E-state index in [1.54, 1.807) is 29.0 Å². The summed E-state index contributed by atoms with van der Waals surface area (Å²) in [5, 5.41) is 4.14. The average Bonchev–Trinajstić information content (AvgIpc) is 3.43. The Balaban J connectivity index is 1.44. The van der Waals surface area contributed by atoms with Crippen molar-refractivity contribution in [1.82, 2.24) is 14.7 Å². The molecule has 1 amide bonds. The number of ether oxygens (including phenoxy) is 1. The molecule has 0 saturated carbocycles. The normalized spacial score (nSPS) is 19.4. The maximum absolute atomic E-state index is 12.8. The second-order valence-electron chi connectivity index (χ2n) is 6.72. The molecule has 0 radical (unpaired) electrons. The fraction of sp³-hybridized carbons (Fsp3) is 0.300. The maximum Gasteiger partial charge on any atom is 0.289 e. The van der Waals surface area contributed by atoms with Crippen molar-refractivity contribution in [2.75, 3.05) is 20.2 Å². The summed E-state index contributed by atoms with van der Waals surface area (Å²) < 4.78 is 12.7. The van der Waals surface area contributed by atoms with Crippen molar-refractivity contribution in [3.63, 3.8) is 0 Å². The predicted molar refractivity (Wildman–Crippen MR) is 99.7 cm³/mol. The third-order valence-corrected chi connectivity index (χ3v) is 4.95. The van der Waals surface area contributed by atoms with Gasteiger partial charge < -0.3 is 19.8 Å². The molecule has 3 aromatic rings. The molecule has 4 rings (SSSR count). The summed E-state index contributed by atoms with van der Waals surface area (Å²) in [6.45, 7) is 1.57. The first kappa shape index (κ1) is 17.4. The molecule has 2 atom stereocenters. The zero-order valence-electron chi connectivity index (χ0n) is 15.1. The molecule has 2 aromatic heterocycles. The maximum atomic E-state index is 12.8. The molecule has 0 aliphatic carbocycles. The van der Waals surface area contributed by atoms with Gasteiger partial charge in [0.1, 0.15) is 11.5 Å². The number of benzene rings is 1. The van der Waals surface area contributed by atoms with Crippen LogP contribution in [0.4, 0.5) is 0 Å². The van der Waals surface area contributed by atoms with E-state index in [9.17, 15) is 4.79 Å². The number of nitrogens with zero attached hydrogens (tertiary/aromatic N) is 3. The monoisotopic (exact) mass is 366 g/mol. The first-order valence-corrected chi connectivity index (χ1v) is 8.89. The Kier molecular flexibility index (Phi) is 4.68. The molecular weight excluding hydrogens is 344 g/mol. The largest absolute Gasteiger partial charge is 0.497 e. The topological polar surface area (TPSA) is 86.5 Å². The van der Waals surface area contributed by atoms with Crippen LogP contribution in [-0.2, 0) is 6.54 Å². The summed E-state index contributed by atoms with van der Waals surface area (Å²) >= 11 is 0. The SMILES string of the molecule is COc1ccc(C2CN(C(=O)c3ccc(Cn4cccn4)o3)CC2N)cc1. The highest BCUT2D eigenvalue weighted by atomic mass is 16.5. The van der Waals surface area contributed by atoms with E-state index in [-0.39, 0.29) is 17.9 Å². The molecule has 7 heteroatoms. The molecule has 27 heavy (non-hydrogen) atoms. The van der Waals surface area contributed by atoms with E-state index in [4.69, 9.17) is 14.9 Å². The van der Waals surface area contributed by atoms with Gasteiger partial charge in [-0.25, -0.2) is 0 Å². The summed E-state index contributed by atoms with van der Waals surface area (Å²) in [4.78, 5) is 14.6. The highest BCUT2D eigenvalue weighted by Gasteiger charge is 2.35. The standard InChI is InChI=1S/C20H22N4O3/c1-26-15-5-3-14(4-6-15)17-12-23(13-18(17)21)20(25)19-8-7-16(27-19)11-24-10-2-9-22-24/h2-10,17-18H,11-13,21H2,1H3. The number of nitrogens with two attached hydrogens (primary N) is 1. The number of carbonyl (C=O) groups is 1. The molecule has 1 aliphatic heterocycles. The van der Waals surface area contributed by atoms with Crippen molar-refractivity contribution in [2.24, 2.45) is 5.73 Å². The first-order chi connectivity index (χ1) is 13.1. The summed E-state index contributed by atoms with van der Waals surface area (Å²) in [6, 6.07) is 13.1. The van der Waals surface area contributed by atoms with Gasteiger partial charge in [-0.3, -0.25) is 9.48 Å². The summed E-state index contributed by atoms with van der Waals surface area (Å²) in [5.74, 6) is 1.79. The number of furan rings is 1. The molecule has 3 heterocycles. The van der Waals surface area contributed by atoms with E-state index in [1.807, 2.05) is 42.6 Å². The van der Waals surface area contributed by atoms with Gasteiger partial charge in [-0.05, 0) is 35.9 Å². The van der Waals surface area contributed by atoms with Crippen LogP contribution in [0, 0.1) is 0 Å². The van der Waals surface area contributed by atoms with Crippen molar-refractivity contribution in [3.05, 3.63) is 71.9 Å². The second-order valence-corrected chi connectivity index (χ2v) is 6.72. The molecular formula is C20H22N4O3. The van der Waals surface area contributed by atoms with Gasteiger partial charge in [-0.2, -0.15) is 5.10 Å². The Labute approximate surface area is 157 Å². The molecule has 140 valence electrons. The number of carbonyl (C=O) groups excluding carboxylic acids is 1. The summed E-state index contributed by atoms with van der Waals surface area (Å²) in [5.41, 5.74) is 7.42. The number of amides is 1. The molecule has 2 unspecified atom stereocenters. The Morgan fingerprint density at radius 3 is 2.78 bits per heavy atom. The average molecular weight is 366 g/mol. The van der Waals surface area contributed by atoms with Crippen LogP contribution in [0.25, 0.3) is 0 Å². The van der Waals surface area contributed by atoms with E-state index >= 15 is 0 Å². The van der Waals surface area contributed by atoms with Crippen LogP contribution in [-0.4, -0.2) is 46.8 Å². The van der Waals surface area contributed by atoms with Crippen LogP contribution in [0.15, 0.2) is 59.3 Å². The van der Waals surface area contributed by atoms with Crippen molar-refractivity contribution >= 4 is 5.91 Å². The van der Waals surface area contributed by atoms with Gasteiger partial charge in [0, 0.05) is 37.4 Å². The Hall–Kier alpha value is -3.06. The van der Waals surface area contributed by atoms with E-state index in [0.717, 1.165) is 11.3 Å². The van der Waals surface area contributed by atoms with Crippen LogP contribution in [0.1, 0.15) is 27.8 Å². The summed E-state index contributed by atoms with van der Waals surface area (Å²) in [7, 11) is 1.64. The lowest BCUT2D eigenvalue weighted by Gasteiger charge is -2.15. The number of methoxy groups -OCH3 is 1. The molecule has 1 fully saturated rings. The van der Waals surface area contributed by atoms with Gasteiger partial charge in [0.15, 0.2) is 5.76 Å². The van der Waals surface area contributed by atoms with Crippen molar-refractivity contribution in [2.45, 2.75) is 18.5 Å². The van der Waals surface area contributed by atoms with Gasteiger partial charge in [0.05, 0.1) is 13.7 Å². The van der Waals surface area contributed by atoms with E-state index in [1.165, 1.54) is 0 Å². The molecule has 1 aromatic carbocycles. The van der Waals surface area contributed by atoms with E-state index in [0.29, 0.717) is 31.2 Å². The van der Waals surface area contributed by atoms with Crippen molar-refractivity contribution in [3.8, 4) is 5.75 Å². The fourth-order valence-electron chi connectivity index (χ4n) is 3.49. The minimum Gasteiger partial charge on any atom is -0.497 e. The number of hydrogen-bond donors (Lipinski definition) is 1. The lowest BCUT2D eigenvalue weighted by atomic mass is 9.95. The lowest BCUT2D eigenvalue weighted by Crippen LogP contribution is -2.32. The highest BCUT2D eigenvalue weighted by molar-refractivity contribution is 5.91. The van der Waals surface area contributed by atoms with Gasteiger partial charge in [0.2, 0.25) is 0 Å². The highest BCUT2D eigenvalue weighted by Crippen LogP contribution is 2.29. The molecule has 0 bridgehead atoms. The molecule has 1 aliphatic rings. The Morgan fingerprint density at radius 2 is 2.07 bits per heavy atom. The Morgan fingerprint density at radius 1 is 1.26 bits per heavy atom. The van der Waals surface area contributed by atoms with Crippen LogP contribution in [0.2, 0.25) is 0 Å². The van der Waals surface area contributed by atoms with Crippen LogP contribution < -0.4 is 10.5 Å².